The number of hydrogen-bond acceptors (Lipinski definition) is 5. The molecule has 0 bridgehead atoms. The van der Waals surface area contributed by atoms with Crippen LogP contribution in [0, 0.1) is 35.5 Å². The van der Waals surface area contributed by atoms with Crippen molar-refractivity contribution in [3.63, 3.8) is 0 Å². The predicted octanol–water partition coefficient (Wildman–Crippen LogP) is 5.25. The number of carbonyl (C=O) groups is 3. The van der Waals surface area contributed by atoms with Crippen molar-refractivity contribution in [1.29, 1.82) is 0 Å². The van der Waals surface area contributed by atoms with Crippen LogP contribution in [0.1, 0.15) is 75.8 Å². The number of allylic oxidation sites excluding steroid dienone is 4. The molecule has 5 rings (SSSR count). The molecule has 6 heteroatoms. The third-order valence-corrected chi connectivity index (χ3v) is 8.92. The number of nitrogens with one attached hydrogen (secondary N) is 1. The van der Waals surface area contributed by atoms with Crippen LogP contribution in [0.15, 0.2) is 46.6 Å². The quantitative estimate of drug-likeness (QED) is 0.472. The molecule has 0 radical (unpaired) electrons. The highest BCUT2D eigenvalue weighted by molar-refractivity contribution is 6.00. The second-order valence-electron chi connectivity index (χ2n) is 10.9. The molecule has 4 aliphatic rings. The Labute approximate surface area is 207 Å². The van der Waals surface area contributed by atoms with Gasteiger partial charge in [0, 0.05) is 17.9 Å². The number of hydrogen-bond donors (Lipinski definition) is 1. The number of furan rings is 1. The normalized spacial score (nSPS) is 37.3. The molecule has 1 N–H and O–H groups in total. The molecule has 0 aromatic carbocycles. The largest absolute Gasteiger partial charge is 0.462 e. The Bertz CT molecular complexity index is 1010. The fourth-order valence-corrected chi connectivity index (χ4v) is 6.97. The van der Waals surface area contributed by atoms with Gasteiger partial charge in [-0.1, -0.05) is 38.5 Å². The first-order valence-electron chi connectivity index (χ1n) is 13.4. The minimum atomic E-state index is -0.387. The highest BCUT2D eigenvalue weighted by atomic mass is 16.5. The Hall–Kier alpha value is -2.63. The number of esters is 1. The summed E-state index contributed by atoms with van der Waals surface area (Å²) in [4.78, 5) is 39.8. The molecule has 1 aromatic rings. The lowest BCUT2D eigenvalue weighted by Gasteiger charge is -2.34. The van der Waals surface area contributed by atoms with Crippen LogP contribution >= 0.6 is 0 Å². The van der Waals surface area contributed by atoms with Crippen molar-refractivity contribution < 1.29 is 23.5 Å². The van der Waals surface area contributed by atoms with Crippen LogP contribution in [0.2, 0.25) is 0 Å². The molecule has 1 amide bonds. The number of ether oxygens (including phenoxy) is 1. The third-order valence-electron chi connectivity index (χ3n) is 8.92. The van der Waals surface area contributed by atoms with E-state index in [4.69, 9.17) is 9.15 Å². The second-order valence-corrected chi connectivity index (χ2v) is 10.9. The molecule has 2 fully saturated rings. The molecule has 3 aliphatic carbocycles. The smallest absolute Gasteiger partial charge is 0.306 e. The first kappa shape index (κ1) is 24.1. The zero-order chi connectivity index (χ0) is 24.5. The van der Waals surface area contributed by atoms with Gasteiger partial charge in [-0.05, 0) is 79.9 Å². The first-order chi connectivity index (χ1) is 17.0. The summed E-state index contributed by atoms with van der Waals surface area (Å²) >= 11 is 0. The first-order valence-corrected chi connectivity index (χ1v) is 13.4. The summed E-state index contributed by atoms with van der Waals surface area (Å²) in [7, 11) is 0. The van der Waals surface area contributed by atoms with Gasteiger partial charge in [0.05, 0.1) is 12.7 Å². The number of Topliss-reactive ketones (excluding diaryl/α,β-unsaturated/α-hetero) is 1. The van der Waals surface area contributed by atoms with Crippen molar-refractivity contribution in [3.8, 4) is 0 Å². The van der Waals surface area contributed by atoms with Crippen molar-refractivity contribution in [3.05, 3.63) is 48.0 Å². The molecule has 8 atom stereocenters. The highest BCUT2D eigenvalue weighted by Gasteiger charge is 2.48. The van der Waals surface area contributed by atoms with Crippen LogP contribution < -0.4 is 5.32 Å². The van der Waals surface area contributed by atoms with Gasteiger partial charge in [0.15, 0.2) is 11.5 Å². The maximum atomic E-state index is 14.0. The number of cyclic esters (lactones) is 1. The van der Waals surface area contributed by atoms with E-state index < -0.39 is 0 Å². The third kappa shape index (κ3) is 4.76. The minimum Gasteiger partial charge on any atom is -0.462 e. The van der Waals surface area contributed by atoms with E-state index >= 15 is 0 Å². The zero-order valence-corrected chi connectivity index (χ0v) is 20.8. The maximum Gasteiger partial charge on any atom is 0.306 e. The molecule has 1 aliphatic heterocycles. The Morgan fingerprint density at radius 1 is 1.09 bits per heavy atom. The van der Waals surface area contributed by atoms with Gasteiger partial charge in [0.2, 0.25) is 0 Å². The molecule has 1 saturated carbocycles. The van der Waals surface area contributed by atoms with E-state index in [1.54, 1.807) is 12.1 Å². The van der Waals surface area contributed by atoms with E-state index in [2.05, 4.69) is 23.5 Å². The summed E-state index contributed by atoms with van der Waals surface area (Å²) in [6, 6.07) is 3.00. The highest BCUT2D eigenvalue weighted by Crippen LogP contribution is 2.53. The fourth-order valence-electron chi connectivity index (χ4n) is 6.97. The van der Waals surface area contributed by atoms with Crippen LogP contribution in [0.5, 0.6) is 0 Å². The van der Waals surface area contributed by atoms with E-state index in [1.165, 1.54) is 25.5 Å². The lowest BCUT2D eigenvalue weighted by molar-refractivity contribution is -0.150. The molecule has 1 aromatic heterocycles. The fraction of sp³-hybridized carbons (Fsp3) is 0.621. The van der Waals surface area contributed by atoms with Gasteiger partial charge in [-0.15, -0.1) is 0 Å². The van der Waals surface area contributed by atoms with Gasteiger partial charge in [-0.3, -0.25) is 14.4 Å². The molecule has 6 nitrogen and oxygen atoms in total. The SMILES string of the molecule is CC[C@H]1CCC[C@H](NC(=O)c2ccco2)[C@@H](C)C(=O)C2=C[C@@H]3[C@@H](C=C[C@@H]4CCC[C@@H]34)[C@@H]2CC(=O)O1. The van der Waals surface area contributed by atoms with Gasteiger partial charge >= 0.3 is 5.97 Å². The van der Waals surface area contributed by atoms with Crippen molar-refractivity contribution >= 4 is 17.7 Å². The molecule has 0 unspecified atom stereocenters. The summed E-state index contributed by atoms with van der Waals surface area (Å²) in [6.07, 6.45) is 14.9. The summed E-state index contributed by atoms with van der Waals surface area (Å²) in [5.41, 5.74) is 0.771. The standard InChI is InChI=1S/C29H37NO5/c1-3-19-8-5-10-25(30-29(33)26-11-6-14-34-26)17(2)28(32)24-15-22-20-9-4-7-18(20)12-13-21(22)23(24)16-27(31)35-19/h6,11-15,17-23,25H,3-5,7-10,16H2,1-2H3,(H,30,33)/t17-,18+,19+,20-,21-,22+,23+,25+/m1/s1. The lowest BCUT2D eigenvalue weighted by atomic mass is 9.70. The average Bonchev–Trinajstić information content (AvgIpc) is 3.61. The van der Waals surface area contributed by atoms with Gasteiger partial charge in [0.25, 0.3) is 5.91 Å². The molecular formula is C29H37NO5. The van der Waals surface area contributed by atoms with Crippen LogP contribution in [-0.2, 0) is 14.3 Å². The topological polar surface area (TPSA) is 85.6 Å². The van der Waals surface area contributed by atoms with Gasteiger partial charge in [-0.2, -0.15) is 0 Å². The van der Waals surface area contributed by atoms with E-state index in [0.717, 1.165) is 24.8 Å². The summed E-state index contributed by atoms with van der Waals surface area (Å²) in [5.74, 6) is 0.880. The summed E-state index contributed by atoms with van der Waals surface area (Å²) in [6.45, 7) is 3.96. The average molecular weight is 480 g/mol. The second kappa shape index (κ2) is 10.2. The Balaban J connectivity index is 1.45. The predicted molar refractivity (Wildman–Crippen MR) is 131 cm³/mol. The molecular weight excluding hydrogens is 442 g/mol. The number of rotatable bonds is 3. The van der Waals surface area contributed by atoms with Gasteiger partial charge in [-0.25, -0.2) is 0 Å². The van der Waals surface area contributed by atoms with E-state index in [1.807, 2.05) is 13.8 Å². The summed E-state index contributed by atoms with van der Waals surface area (Å²) in [5, 5.41) is 3.07. The minimum absolute atomic E-state index is 0.0532. The van der Waals surface area contributed by atoms with Crippen molar-refractivity contribution in [2.24, 2.45) is 35.5 Å². The molecule has 2 heterocycles. The van der Waals surface area contributed by atoms with Gasteiger partial charge < -0.3 is 14.5 Å². The molecule has 188 valence electrons. The number of fused-ring (bicyclic) bond motifs is 5. The van der Waals surface area contributed by atoms with Crippen LogP contribution in [0.4, 0.5) is 0 Å². The van der Waals surface area contributed by atoms with Crippen LogP contribution in [0.25, 0.3) is 0 Å². The lowest BCUT2D eigenvalue weighted by Crippen LogP contribution is -2.43. The Kier molecular flexibility index (Phi) is 6.99. The Morgan fingerprint density at radius 2 is 1.91 bits per heavy atom. The molecule has 1 saturated heterocycles. The van der Waals surface area contributed by atoms with Crippen molar-refractivity contribution in [1.82, 2.24) is 5.32 Å². The molecule has 35 heavy (non-hydrogen) atoms. The number of ketones is 1. The summed E-state index contributed by atoms with van der Waals surface area (Å²) < 4.78 is 11.2. The van der Waals surface area contributed by atoms with Gasteiger partial charge in [0.1, 0.15) is 6.10 Å². The number of amides is 1. The monoisotopic (exact) mass is 479 g/mol. The van der Waals surface area contributed by atoms with Crippen molar-refractivity contribution in [2.45, 2.75) is 77.4 Å². The number of carbonyl (C=O) groups excluding carboxylic acids is 3. The Morgan fingerprint density at radius 3 is 2.69 bits per heavy atom. The van der Waals surface area contributed by atoms with E-state index in [9.17, 15) is 14.4 Å². The maximum absolute atomic E-state index is 14.0. The van der Waals surface area contributed by atoms with Crippen LogP contribution in [0.3, 0.4) is 0 Å². The van der Waals surface area contributed by atoms with E-state index in [-0.39, 0.29) is 59.7 Å². The van der Waals surface area contributed by atoms with Crippen LogP contribution in [-0.4, -0.2) is 29.8 Å². The molecule has 0 spiro atoms. The van der Waals surface area contributed by atoms with Crippen molar-refractivity contribution in [2.75, 3.05) is 0 Å². The zero-order valence-electron chi connectivity index (χ0n) is 20.8. The van der Waals surface area contributed by atoms with E-state index in [0.29, 0.717) is 24.2 Å².